The first-order valence-corrected chi connectivity index (χ1v) is 7.08. The highest BCUT2D eigenvalue weighted by Gasteiger charge is 2.27. The molecule has 1 rings (SSSR count). The van der Waals surface area contributed by atoms with Gasteiger partial charge < -0.3 is 14.6 Å². The molecule has 0 saturated carbocycles. The smallest absolute Gasteiger partial charge is 0.345 e. The van der Waals surface area contributed by atoms with E-state index >= 15 is 0 Å². The lowest BCUT2D eigenvalue weighted by Crippen LogP contribution is -2.25. The van der Waals surface area contributed by atoms with Crippen molar-refractivity contribution in [1.29, 1.82) is 0 Å². The Bertz CT molecular complexity index is 601. The summed E-state index contributed by atoms with van der Waals surface area (Å²) in [6.07, 6.45) is -0.396. The minimum Gasteiger partial charge on any atom is -0.507 e. The predicted molar refractivity (Wildman–Crippen MR) is 83.0 cm³/mol. The van der Waals surface area contributed by atoms with Crippen LogP contribution in [-0.4, -0.2) is 30.1 Å². The van der Waals surface area contributed by atoms with Crippen molar-refractivity contribution in [1.82, 2.24) is 0 Å². The molecule has 1 aromatic carbocycles. The van der Waals surface area contributed by atoms with Crippen LogP contribution in [0.2, 0.25) is 0 Å². The van der Waals surface area contributed by atoms with E-state index < -0.39 is 23.6 Å². The normalized spacial score (nSPS) is 13.1. The highest BCUT2D eigenvalue weighted by Crippen LogP contribution is 2.24. The quantitative estimate of drug-likeness (QED) is 0.287. The molecule has 0 spiro atoms. The Labute approximate surface area is 130 Å². The molecule has 0 radical (unpaired) electrons. The van der Waals surface area contributed by atoms with Gasteiger partial charge in [-0.1, -0.05) is 24.6 Å². The SMILES string of the molecule is CCC(Oc1ccc(C)cc1C)/C(O)=C(/C(C)=O)C(=O)OC. The van der Waals surface area contributed by atoms with Gasteiger partial charge in [0.2, 0.25) is 0 Å². The third-order valence-electron chi connectivity index (χ3n) is 3.27. The number of benzene rings is 1. The maximum Gasteiger partial charge on any atom is 0.345 e. The maximum absolute atomic E-state index is 11.7. The highest BCUT2D eigenvalue weighted by molar-refractivity contribution is 6.16. The second kappa shape index (κ2) is 7.64. The lowest BCUT2D eigenvalue weighted by atomic mass is 10.1. The van der Waals surface area contributed by atoms with Gasteiger partial charge in [0.05, 0.1) is 7.11 Å². The fourth-order valence-electron chi connectivity index (χ4n) is 2.11. The molecule has 5 nitrogen and oxygen atoms in total. The number of aryl methyl sites for hydroxylation is 2. The molecule has 1 aromatic rings. The van der Waals surface area contributed by atoms with Crippen LogP contribution >= 0.6 is 0 Å². The number of methoxy groups -OCH3 is 1. The molecule has 5 heteroatoms. The summed E-state index contributed by atoms with van der Waals surface area (Å²) in [5, 5.41) is 10.3. The lowest BCUT2D eigenvalue weighted by Gasteiger charge is -2.20. The van der Waals surface area contributed by atoms with Gasteiger partial charge in [0, 0.05) is 0 Å². The second-order valence-electron chi connectivity index (χ2n) is 5.09. The molecule has 0 heterocycles. The van der Waals surface area contributed by atoms with Gasteiger partial charge in [-0.25, -0.2) is 4.79 Å². The van der Waals surface area contributed by atoms with E-state index in [-0.39, 0.29) is 5.57 Å². The zero-order valence-electron chi connectivity index (χ0n) is 13.6. The van der Waals surface area contributed by atoms with Crippen LogP contribution in [0.15, 0.2) is 29.5 Å². The van der Waals surface area contributed by atoms with E-state index in [1.807, 2.05) is 26.0 Å². The van der Waals surface area contributed by atoms with E-state index in [9.17, 15) is 14.7 Å². The zero-order chi connectivity index (χ0) is 16.9. The van der Waals surface area contributed by atoms with Crippen LogP contribution in [0.3, 0.4) is 0 Å². The Morgan fingerprint density at radius 1 is 1.27 bits per heavy atom. The first kappa shape index (κ1) is 17.8. The Balaban J connectivity index is 3.18. The molecule has 0 bridgehead atoms. The molecular formula is C17H22O5. The minimum absolute atomic E-state index is 0.376. The van der Waals surface area contributed by atoms with Gasteiger partial charge in [0.25, 0.3) is 0 Å². The van der Waals surface area contributed by atoms with Gasteiger partial charge in [-0.15, -0.1) is 0 Å². The van der Waals surface area contributed by atoms with Crippen molar-refractivity contribution in [3.05, 3.63) is 40.7 Å². The zero-order valence-corrected chi connectivity index (χ0v) is 13.6. The van der Waals surface area contributed by atoms with E-state index in [0.717, 1.165) is 18.2 Å². The molecule has 0 aliphatic carbocycles. The van der Waals surface area contributed by atoms with E-state index in [2.05, 4.69) is 4.74 Å². The summed E-state index contributed by atoms with van der Waals surface area (Å²) >= 11 is 0. The Hall–Kier alpha value is -2.30. The number of rotatable bonds is 6. The number of ketones is 1. The topological polar surface area (TPSA) is 72.8 Å². The average molecular weight is 306 g/mol. The van der Waals surface area contributed by atoms with Crippen molar-refractivity contribution in [3.63, 3.8) is 0 Å². The van der Waals surface area contributed by atoms with Crippen LogP contribution in [0, 0.1) is 13.8 Å². The average Bonchev–Trinajstić information content (AvgIpc) is 2.45. The van der Waals surface area contributed by atoms with Crippen molar-refractivity contribution in [2.75, 3.05) is 7.11 Å². The number of hydrogen-bond acceptors (Lipinski definition) is 5. The minimum atomic E-state index is -0.868. The number of Topliss-reactive ketones (excluding diaryl/α,β-unsaturated/α-hetero) is 1. The number of hydrogen-bond donors (Lipinski definition) is 1. The number of ether oxygens (including phenoxy) is 2. The van der Waals surface area contributed by atoms with Crippen molar-refractivity contribution < 1.29 is 24.2 Å². The molecule has 1 N–H and O–H groups in total. The maximum atomic E-state index is 11.7. The third-order valence-corrected chi connectivity index (χ3v) is 3.27. The summed E-state index contributed by atoms with van der Waals surface area (Å²) in [5.41, 5.74) is 1.63. The van der Waals surface area contributed by atoms with E-state index in [4.69, 9.17) is 4.74 Å². The third kappa shape index (κ3) is 4.10. The molecule has 120 valence electrons. The van der Waals surface area contributed by atoms with Crippen molar-refractivity contribution >= 4 is 11.8 Å². The summed E-state index contributed by atoms with van der Waals surface area (Å²) < 4.78 is 10.3. The van der Waals surface area contributed by atoms with Crippen molar-refractivity contribution in [3.8, 4) is 5.75 Å². The highest BCUT2D eigenvalue weighted by atomic mass is 16.5. The van der Waals surface area contributed by atoms with E-state index in [0.29, 0.717) is 12.2 Å². The van der Waals surface area contributed by atoms with Gasteiger partial charge >= 0.3 is 5.97 Å². The van der Waals surface area contributed by atoms with E-state index in [1.54, 1.807) is 13.0 Å². The Morgan fingerprint density at radius 2 is 1.91 bits per heavy atom. The molecule has 0 amide bonds. The molecule has 1 atom stereocenters. The number of esters is 1. The van der Waals surface area contributed by atoms with E-state index in [1.165, 1.54) is 6.92 Å². The number of carbonyl (C=O) groups is 2. The van der Waals surface area contributed by atoms with Crippen LogP contribution < -0.4 is 4.74 Å². The van der Waals surface area contributed by atoms with Crippen molar-refractivity contribution in [2.24, 2.45) is 0 Å². The summed E-state index contributed by atoms with van der Waals surface area (Å²) in [6.45, 7) is 6.85. The number of aliphatic hydroxyl groups is 1. The monoisotopic (exact) mass is 306 g/mol. The number of aliphatic hydroxyl groups excluding tert-OH is 1. The van der Waals surface area contributed by atoms with Gasteiger partial charge in [-0.05, 0) is 38.8 Å². The summed E-state index contributed by atoms with van der Waals surface area (Å²) in [7, 11) is 1.16. The summed E-state index contributed by atoms with van der Waals surface area (Å²) in [6, 6.07) is 5.64. The van der Waals surface area contributed by atoms with Crippen LogP contribution in [0.4, 0.5) is 0 Å². The second-order valence-corrected chi connectivity index (χ2v) is 5.09. The van der Waals surface area contributed by atoms with Crippen LogP contribution in [0.5, 0.6) is 5.75 Å². The molecule has 0 fully saturated rings. The first-order valence-electron chi connectivity index (χ1n) is 7.08. The molecule has 0 aliphatic heterocycles. The number of carbonyl (C=O) groups excluding carboxylic acids is 2. The van der Waals surface area contributed by atoms with Gasteiger partial charge in [0.1, 0.15) is 11.3 Å². The fourth-order valence-corrected chi connectivity index (χ4v) is 2.11. The van der Waals surface area contributed by atoms with Crippen LogP contribution in [-0.2, 0) is 14.3 Å². The standard InChI is InChI=1S/C17H22O5/c1-6-13(16(19)15(12(4)18)17(20)21-5)22-14-8-7-10(2)9-11(14)3/h7-9,13,19H,6H2,1-5H3/b16-15+. The predicted octanol–water partition coefficient (Wildman–Crippen LogP) is 3.03. The lowest BCUT2D eigenvalue weighted by molar-refractivity contribution is -0.138. The molecule has 1 unspecified atom stereocenters. The summed E-state index contributed by atoms with van der Waals surface area (Å²) in [5.74, 6) is -1.24. The van der Waals surface area contributed by atoms with Gasteiger partial charge in [-0.3, -0.25) is 4.79 Å². The first-order chi connectivity index (χ1) is 10.3. The van der Waals surface area contributed by atoms with Gasteiger partial charge in [-0.2, -0.15) is 0 Å². The molecule has 0 aromatic heterocycles. The van der Waals surface area contributed by atoms with Crippen molar-refractivity contribution in [2.45, 2.75) is 40.2 Å². The van der Waals surface area contributed by atoms with Crippen LogP contribution in [0.25, 0.3) is 0 Å². The van der Waals surface area contributed by atoms with Gasteiger partial charge in [0.15, 0.2) is 17.6 Å². The van der Waals surface area contributed by atoms with Crippen LogP contribution in [0.1, 0.15) is 31.4 Å². The molecule has 0 saturated heterocycles. The Kier molecular flexibility index (Phi) is 6.16. The largest absolute Gasteiger partial charge is 0.507 e. The Morgan fingerprint density at radius 3 is 2.36 bits per heavy atom. The molecule has 0 aliphatic rings. The molecule has 22 heavy (non-hydrogen) atoms. The fraction of sp³-hybridized carbons (Fsp3) is 0.412. The molecular weight excluding hydrogens is 284 g/mol. The summed E-state index contributed by atoms with van der Waals surface area (Å²) in [4.78, 5) is 23.3.